The molecule has 1 heterocycles. The molecule has 1 amide bonds. The smallest absolute Gasteiger partial charge is 0.335 e. The highest BCUT2D eigenvalue weighted by molar-refractivity contribution is 6.05. The topological polar surface area (TPSA) is 123 Å². The van der Waals surface area contributed by atoms with Crippen LogP contribution < -0.4 is 20.1 Å². The summed E-state index contributed by atoms with van der Waals surface area (Å²) in [6.45, 7) is 1.66. The average molecular weight is 509 g/mol. The molecular formula is C26H25ClN4O5. The second-order valence-electron chi connectivity index (χ2n) is 7.74. The fourth-order valence-electron chi connectivity index (χ4n) is 3.78. The van der Waals surface area contributed by atoms with Crippen LogP contribution in [0.25, 0.3) is 22.2 Å². The van der Waals surface area contributed by atoms with Crippen LogP contribution in [0.5, 0.6) is 11.5 Å². The van der Waals surface area contributed by atoms with Gasteiger partial charge in [0.15, 0.2) is 11.5 Å². The van der Waals surface area contributed by atoms with E-state index >= 15 is 0 Å². The second-order valence-corrected chi connectivity index (χ2v) is 7.74. The zero-order valence-corrected chi connectivity index (χ0v) is 20.9. The number of anilines is 2. The molecule has 0 atom stereocenters. The number of ether oxygens (including phenoxy) is 2. The van der Waals surface area contributed by atoms with Gasteiger partial charge in [-0.2, -0.15) is 0 Å². The second kappa shape index (κ2) is 10.9. The van der Waals surface area contributed by atoms with Crippen LogP contribution in [0.4, 0.5) is 11.6 Å². The van der Waals surface area contributed by atoms with E-state index in [0.29, 0.717) is 45.5 Å². The highest BCUT2D eigenvalue weighted by Gasteiger charge is 2.16. The number of carbonyl (C=O) groups excluding carboxylic acids is 1. The van der Waals surface area contributed by atoms with Crippen molar-refractivity contribution in [2.24, 2.45) is 0 Å². The average Bonchev–Trinajstić information content (AvgIpc) is 2.86. The maximum absolute atomic E-state index is 12.8. The SMILES string of the molecule is CNc1nc(-c2cccc(NC(=O)c3ccc(C(=O)O)c(C)c3)c2)c2cc(OC)c(OC)cc2n1.Cl. The number of aromatic nitrogens is 2. The van der Waals surface area contributed by atoms with Gasteiger partial charge < -0.3 is 25.2 Å². The number of fused-ring (bicyclic) bond motifs is 1. The van der Waals surface area contributed by atoms with E-state index in [-0.39, 0.29) is 23.9 Å². The summed E-state index contributed by atoms with van der Waals surface area (Å²) in [4.78, 5) is 33.3. The first-order valence-electron chi connectivity index (χ1n) is 10.7. The Bertz CT molecular complexity index is 1460. The van der Waals surface area contributed by atoms with E-state index in [1.54, 1.807) is 46.4 Å². The Labute approximate surface area is 213 Å². The molecule has 186 valence electrons. The number of carboxylic acid groups (broad SMARTS) is 1. The molecule has 0 spiro atoms. The van der Waals surface area contributed by atoms with Gasteiger partial charge in [0.05, 0.1) is 31.0 Å². The molecule has 0 saturated heterocycles. The molecule has 1 aromatic heterocycles. The third-order valence-corrected chi connectivity index (χ3v) is 5.54. The monoisotopic (exact) mass is 508 g/mol. The van der Waals surface area contributed by atoms with Crippen LogP contribution in [0.15, 0.2) is 54.6 Å². The number of rotatable bonds is 7. The van der Waals surface area contributed by atoms with Crippen LogP contribution in [0.3, 0.4) is 0 Å². The van der Waals surface area contributed by atoms with Crippen molar-refractivity contribution >= 4 is 46.8 Å². The molecule has 10 heteroatoms. The van der Waals surface area contributed by atoms with Gasteiger partial charge in [-0.15, -0.1) is 12.4 Å². The molecule has 0 unspecified atom stereocenters. The number of benzene rings is 3. The van der Waals surface area contributed by atoms with E-state index in [4.69, 9.17) is 9.47 Å². The van der Waals surface area contributed by atoms with E-state index in [0.717, 1.165) is 10.9 Å². The molecule has 0 aliphatic rings. The van der Waals surface area contributed by atoms with Crippen molar-refractivity contribution in [2.45, 2.75) is 6.92 Å². The lowest BCUT2D eigenvalue weighted by Crippen LogP contribution is -2.13. The van der Waals surface area contributed by atoms with E-state index in [1.165, 1.54) is 12.1 Å². The molecule has 4 aromatic rings. The zero-order valence-electron chi connectivity index (χ0n) is 20.1. The number of nitrogens with zero attached hydrogens (tertiary/aromatic N) is 2. The van der Waals surface area contributed by atoms with Crippen LogP contribution in [-0.2, 0) is 0 Å². The van der Waals surface area contributed by atoms with Gasteiger partial charge in [-0.3, -0.25) is 4.79 Å². The molecule has 4 rings (SSSR count). The molecule has 0 aliphatic heterocycles. The minimum Gasteiger partial charge on any atom is -0.493 e. The molecule has 9 nitrogen and oxygen atoms in total. The van der Waals surface area contributed by atoms with Crippen molar-refractivity contribution in [2.75, 3.05) is 31.9 Å². The van der Waals surface area contributed by atoms with Crippen molar-refractivity contribution < 1.29 is 24.2 Å². The predicted molar refractivity (Wildman–Crippen MR) is 141 cm³/mol. The number of aryl methyl sites for hydroxylation is 1. The largest absolute Gasteiger partial charge is 0.493 e. The Morgan fingerprint density at radius 3 is 2.31 bits per heavy atom. The Balaban J connectivity index is 0.00000361. The third kappa shape index (κ3) is 5.16. The van der Waals surface area contributed by atoms with Gasteiger partial charge in [0, 0.05) is 35.3 Å². The number of aromatic carboxylic acids is 1. The van der Waals surface area contributed by atoms with Gasteiger partial charge in [0.2, 0.25) is 5.95 Å². The molecule has 3 aromatic carbocycles. The minimum atomic E-state index is -1.03. The third-order valence-electron chi connectivity index (χ3n) is 5.54. The lowest BCUT2D eigenvalue weighted by molar-refractivity contribution is 0.0695. The van der Waals surface area contributed by atoms with Crippen LogP contribution in [0.1, 0.15) is 26.3 Å². The number of nitrogens with one attached hydrogen (secondary N) is 2. The number of methoxy groups -OCH3 is 2. The number of carbonyl (C=O) groups is 2. The van der Waals surface area contributed by atoms with Gasteiger partial charge in [-0.1, -0.05) is 12.1 Å². The lowest BCUT2D eigenvalue weighted by atomic mass is 10.0. The van der Waals surface area contributed by atoms with Crippen molar-refractivity contribution in [3.63, 3.8) is 0 Å². The van der Waals surface area contributed by atoms with Gasteiger partial charge in [-0.05, 0) is 48.9 Å². The summed E-state index contributed by atoms with van der Waals surface area (Å²) in [6.07, 6.45) is 0. The van der Waals surface area contributed by atoms with Gasteiger partial charge in [-0.25, -0.2) is 14.8 Å². The summed E-state index contributed by atoms with van der Waals surface area (Å²) in [5.74, 6) is 0.151. The predicted octanol–water partition coefficient (Wildman–Crippen LogP) is 5.04. The molecule has 0 radical (unpaired) electrons. The Kier molecular flexibility index (Phi) is 7.96. The number of hydrogen-bond donors (Lipinski definition) is 3. The van der Waals surface area contributed by atoms with Crippen molar-refractivity contribution in [1.82, 2.24) is 9.97 Å². The summed E-state index contributed by atoms with van der Waals surface area (Å²) in [5, 5.41) is 15.8. The van der Waals surface area contributed by atoms with Gasteiger partial charge >= 0.3 is 5.97 Å². The van der Waals surface area contributed by atoms with Crippen LogP contribution in [-0.4, -0.2) is 48.2 Å². The lowest BCUT2D eigenvalue weighted by Gasteiger charge is -2.14. The van der Waals surface area contributed by atoms with Crippen LogP contribution >= 0.6 is 12.4 Å². The first-order valence-corrected chi connectivity index (χ1v) is 10.7. The highest BCUT2D eigenvalue weighted by atomic mass is 35.5. The van der Waals surface area contributed by atoms with E-state index < -0.39 is 5.97 Å². The molecule has 0 saturated carbocycles. The summed E-state index contributed by atoms with van der Waals surface area (Å²) < 4.78 is 10.9. The highest BCUT2D eigenvalue weighted by Crippen LogP contribution is 2.36. The first kappa shape index (κ1) is 26.2. The van der Waals surface area contributed by atoms with Crippen LogP contribution in [0.2, 0.25) is 0 Å². The molecule has 36 heavy (non-hydrogen) atoms. The summed E-state index contributed by atoms with van der Waals surface area (Å²) in [5.41, 5.74) is 3.67. The maximum Gasteiger partial charge on any atom is 0.335 e. The Hall–Kier alpha value is -4.37. The molecule has 0 bridgehead atoms. The quantitative estimate of drug-likeness (QED) is 0.317. The molecule has 0 fully saturated rings. The molecule has 3 N–H and O–H groups in total. The van der Waals surface area contributed by atoms with Crippen molar-refractivity contribution in [3.05, 3.63) is 71.3 Å². The summed E-state index contributed by atoms with van der Waals surface area (Å²) >= 11 is 0. The molecule has 0 aliphatic carbocycles. The fraction of sp³-hybridized carbons (Fsp3) is 0.154. The minimum absolute atomic E-state index is 0. The normalized spacial score (nSPS) is 10.3. The Morgan fingerprint density at radius 1 is 0.944 bits per heavy atom. The van der Waals surface area contributed by atoms with E-state index in [9.17, 15) is 14.7 Å². The number of halogens is 1. The van der Waals surface area contributed by atoms with Gasteiger partial charge in [0.25, 0.3) is 5.91 Å². The first-order chi connectivity index (χ1) is 16.8. The Morgan fingerprint density at radius 2 is 1.67 bits per heavy atom. The van der Waals surface area contributed by atoms with E-state index in [1.807, 2.05) is 24.3 Å². The standard InChI is InChI=1S/C26H24N4O5.ClH/c1-14-10-16(8-9-18(14)25(32)33)24(31)28-17-7-5-6-15(11-17)23-19-12-21(34-3)22(35-4)13-20(19)29-26(27-2)30-23;/h5-13H,1-4H3,(H,28,31)(H,32,33)(H,27,29,30);1H. The van der Waals surface area contributed by atoms with Crippen molar-refractivity contribution in [1.29, 1.82) is 0 Å². The summed E-state index contributed by atoms with van der Waals surface area (Å²) in [6, 6.07) is 15.4. The maximum atomic E-state index is 12.8. The molecular weight excluding hydrogens is 484 g/mol. The number of carboxylic acids is 1. The number of hydrogen-bond acceptors (Lipinski definition) is 7. The van der Waals surface area contributed by atoms with Crippen LogP contribution in [0, 0.1) is 6.92 Å². The zero-order chi connectivity index (χ0) is 25.1. The van der Waals surface area contributed by atoms with Crippen molar-refractivity contribution in [3.8, 4) is 22.8 Å². The summed E-state index contributed by atoms with van der Waals surface area (Å²) in [7, 11) is 4.86. The van der Waals surface area contributed by atoms with E-state index in [2.05, 4.69) is 20.6 Å². The number of amides is 1. The van der Waals surface area contributed by atoms with Gasteiger partial charge in [0.1, 0.15) is 0 Å². The fourth-order valence-corrected chi connectivity index (χ4v) is 3.78.